The number of carbonyl (C=O) groups excluding carboxylic acids is 2. The SMILES string of the molecule is O=C(NCc1cnc(CN2CCOCC2)s1)c1ccc2c(c1)NC(=O)c1ccccc1S2. The number of hydrogen-bond acceptors (Lipinski definition) is 7. The van der Waals surface area contributed by atoms with E-state index >= 15 is 0 Å². The second-order valence-corrected chi connectivity index (χ2v) is 9.84. The van der Waals surface area contributed by atoms with Crippen LogP contribution in [-0.2, 0) is 17.8 Å². The van der Waals surface area contributed by atoms with E-state index in [1.807, 2.05) is 30.5 Å². The molecule has 9 heteroatoms. The van der Waals surface area contributed by atoms with Gasteiger partial charge in [-0.3, -0.25) is 14.5 Å². The third kappa shape index (κ3) is 4.71. The van der Waals surface area contributed by atoms with Gasteiger partial charge in [-0.05, 0) is 30.3 Å². The highest BCUT2D eigenvalue weighted by Gasteiger charge is 2.21. The number of amides is 2. The molecule has 2 aliphatic heterocycles. The summed E-state index contributed by atoms with van der Waals surface area (Å²) in [6.07, 6.45) is 1.83. The number of hydrogen-bond donors (Lipinski definition) is 2. The van der Waals surface area contributed by atoms with E-state index in [9.17, 15) is 9.59 Å². The fourth-order valence-corrected chi connectivity index (χ4v) is 5.55. The lowest BCUT2D eigenvalue weighted by Gasteiger charge is -2.25. The molecule has 2 aromatic carbocycles. The van der Waals surface area contributed by atoms with Crippen molar-refractivity contribution in [2.24, 2.45) is 0 Å². The number of rotatable bonds is 5. The number of carbonyl (C=O) groups is 2. The summed E-state index contributed by atoms with van der Waals surface area (Å²) in [4.78, 5) is 34.9. The summed E-state index contributed by atoms with van der Waals surface area (Å²) in [5, 5.41) is 6.93. The van der Waals surface area contributed by atoms with Crippen LogP contribution in [0.25, 0.3) is 0 Å². The van der Waals surface area contributed by atoms with Crippen LogP contribution in [0, 0.1) is 0 Å². The third-order valence-electron chi connectivity index (χ3n) is 5.33. The largest absolute Gasteiger partial charge is 0.379 e. The van der Waals surface area contributed by atoms with Crippen molar-refractivity contribution in [3.05, 3.63) is 69.7 Å². The Morgan fingerprint density at radius 3 is 2.88 bits per heavy atom. The molecule has 2 N–H and O–H groups in total. The predicted octanol–water partition coefficient (Wildman–Crippen LogP) is 3.62. The first-order valence-corrected chi connectivity index (χ1v) is 12.0. The van der Waals surface area contributed by atoms with Crippen molar-refractivity contribution < 1.29 is 14.3 Å². The Balaban J connectivity index is 1.22. The molecule has 7 nitrogen and oxygen atoms in total. The Labute approximate surface area is 194 Å². The zero-order chi connectivity index (χ0) is 21.9. The average molecular weight is 467 g/mol. The Morgan fingerprint density at radius 1 is 1.16 bits per heavy atom. The maximum atomic E-state index is 12.7. The molecular formula is C23H22N4O3S2. The number of benzene rings is 2. The number of anilines is 1. The quantitative estimate of drug-likeness (QED) is 0.598. The molecule has 0 unspecified atom stereocenters. The Kier molecular flexibility index (Phi) is 6.22. The lowest BCUT2D eigenvalue weighted by atomic mass is 10.1. The van der Waals surface area contributed by atoms with Gasteiger partial charge in [-0.15, -0.1) is 11.3 Å². The highest BCUT2D eigenvalue weighted by Crippen LogP contribution is 2.39. The van der Waals surface area contributed by atoms with Gasteiger partial charge < -0.3 is 15.4 Å². The smallest absolute Gasteiger partial charge is 0.256 e. The minimum Gasteiger partial charge on any atom is -0.379 e. The molecule has 2 amide bonds. The monoisotopic (exact) mass is 466 g/mol. The van der Waals surface area contributed by atoms with Crippen molar-refractivity contribution in [1.82, 2.24) is 15.2 Å². The summed E-state index contributed by atoms with van der Waals surface area (Å²) in [7, 11) is 0. The first kappa shape index (κ1) is 21.1. The number of ether oxygens (including phenoxy) is 1. The van der Waals surface area contributed by atoms with Gasteiger partial charge in [0.2, 0.25) is 0 Å². The van der Waals surface area contributed by atoms with Crippen LogP contribution in [0.4, 0.5) is 5.69 Å². The fraction of sp³-hybridized carbons (Fsp3) is 0.261. The summed E-state index contributed by atoms with van der Waals surface area (Å²) >= 11 is 3.14. The van der Waals surface area contributed by atoms with Crippen LogP contribution in [-0.4, -0.2) is 48.0 Å². The average Bonchev–Trinajstić information content (AvgIpc) is 3.20. The van der Waals surface area contributed by atoms with Gasteiger partial charge in [-0.1, -0.05) is 23.9 Å². The van der Waals surface area contributed by atoms with Crippen molar-refractivity contribution in [3.8, 4) is 0 Å². The predicted molar refractivity (Wildman–Crippen MR) is 124 cm³/mol. The maximum absolute atomic E-state index is 12.7. The molecule has 0 spiro atoms. The van der Waals surface area contributed by atoms with Crippen molar-refractivity contribution in [1.29, 1.82) is 0 Å². The van der Waals surface area contributed by atoms with Crippen LogP contribution in [0.3, 0.4) is 0 Å². The normalized spacial score (nSPS) is 15.9. The topological polar surface area (TPSA) is 83.6 Å². The van der Waals surface area contributed by atoms with Gasteiger partial charge in [-0.2, -0.15) is 0 Å². The van der Waals surface area contributed by atoms with E-state index in [-0.39, 0.29) is 11.8 Å². The number of fused-ring (bicyclic) bond motifs is 2. The molecule has 0 saturated carbocycles. The molecule has 3 aromatic rings. The lowest BCUT2D eigenvalue weighted by molar-refractivity contribution is 0.0341. The van der Waals surface area contributed by atoms with Crippen LogP contribution in [0.1, 0.15) is 30.6 Å². The number of nitrogens with zero attached hydrogens (tertiary/aromatic N) is 2. The van der Waals surface area contributed by atoms with Gasteiger partial charge >= 0.3 is 0 Å². The highest BCUT2D eigenvalue weighted by molar-refractivity contribution is 7.99. The van der Waals surface area contributed by atoms with E-state index in [2.05, 4.69) is 20.5 Å². The van der Waals surface area contributed by atoms with E-state index in [0.717, 1.165) is 52.5 Å². The summed E-state index contributed by atoms with van der Waals surface area (Å²) in [6, 6.07) is 12.9. The third-order valence-corrected chi connectivity index (χ3v) is 7.46. The molecule has 32 heavy (non-hydrogen) atoms. The standard InChI is InChI=1S/C23H22N4O3S2/c28-22(25-13-16-12-24-21(31-16)14-27-7-9-30-10-8-27)15-5-6-20-18(11-15)26-23(29)17-3-1-2-4-19(17)32-20/h1-6,11-12H,7-10,13-14H2,(H,25,28)(H,26,29). The fourth-order valence-electron chi connectivity index (χ4n) is 3.63. The van der Waals surface area contributed by atoms with E-state index in [0.29, 0.717) is 23.4 Å². The van der Waals surface area contributed by atoms with E-state index in [1.165, 1.54) is 11.8 Å². The minimum absolute atomic E-state index is 0.165. The summed E-state index contributed by atoms with van der Waals surface area (Å²) in [5.41, 5.74) is 1.79. The molecule has 0 radical (unpaired) electrons. The van der Waals surface area contributed by atoms with Crippen molar-refractivity contribution in [3.63, 3.8) is 0 Å². The zero-order valence-corrected chi connectivity index (χ0v) is 18.9. The molecule has 0 atom stereocenters. The molecule has 1 aromatic heterocycles. The van der Waals surface area contributed by atoms with Gasteiger partial charge in [0.1, 0.15) is 5.01 Å². The highest BCUT2D eigenvalue weighted by atomic mass is 32.2. The zero-order valence-electron chi connectivity index (χ0n) is 17.3. The van der Waals surface area contributed by atoms with Crippen LogP contribution in [0.15, 0.2) is 58.5 Å². The molecule has 164 valence electrons. The van der Waals surface area contributed by atoms with E-state index in [1.54, 1.807) is 29.5 Å². The molecule has 0 aliphatic carbocycles. The number of morpholine rings is 1. The van der Waals surface area contributed by atoms with Gasteiger partial charge in [0.15, 0.2) is 0 Å². The molecule has 0 bridgehead atoms. The minimum atomic E-state index is -0.183. The van der Waals surface area contributed by atoms with Crippen molar-refractivity contribution in [2.75, 3.05) is 31.6 Å². The second kappa shape index (κ2) is 9.41. The first-order valence-electron chi connectivity index (χ1n) is 10.4. The number of aromatic nitrogens is 1. The van der Waals surface area contributed by atoms with E-state index < -0.39 is 0 Å². The van der Waals surface area contributed by atoms with Gasteiger partial charge in [0.25, 0.3) is 11.8 Å². The van der Waals surface area contributed by atoms with Gasteiger partial charge in [0, 0.05) is 39.5 Å². The molecule has 1 saturated heterocycles. The number of nitrogens with one attached hydrogen (secondary N) is 2. The molecule has 2 aliphatic rings. The number of thiazole rings is 1. The molecular weight excluding hydrogens is 444 g/mol. The van der Waals surface area contributed by atoms with Crippen LogP contribution >= 0.6 is 23.1 Å². The Morgan fingerprint density at radius 2 is 2.00 bits per heavy atom. The maximum Gasteiger partial charge on any atom is 0.256 e. The van der Waals surface area contributed by atoms with E-state index in [4.69, 9.17) is 4.74 Å². The van der Waals surface area contributed by atoms with Crippen molar-refractivity contribution in [2.45, 2.75) is 22.9 Å². The second-order valence-electron chi connectivity index (χ2n) is 7.55. The Bertz CT molecular complexity index is 1160. The van der Waals surface area contributed by atoms with Crippen LogP contribution < -0.4 is 10.6 Å². The Hall–Kier alpha value is -2.72. The molecule has 1 fully saturated rings. The lowest BCUT2D eigenvalue weighted by Crippen LogP contribution is -2.35. The van der Waals surface area contributed by atoms with Gasteiger partial charge in [-0.25, -0.2) is 4.98 Å². The summed E-state index contributed by atoms with van der Waals surface area (Å²) < 4.78 is 5.38. The van der Waals surface area contributed by atoms with Gasteiger partial charge in [0.05, 0.1) is 37.6 Å². The molecule has 3 heterocycles. The molecule has 5 rings (SSSR count). The van der Waals surface area contributed by atoms with Crippen LogP contribution in [0.5, 0.6) is 0 Å². The van der Waals surface area contributed by atoms with Crippen LogP contribution in [0.2, 0.25) is 0 Å². The summed E-state index contributed by atoms with van der Waals surface area (Å²) in [6.45, 7) is 4.60. The first-order chi connectivity index (χ1) is 15.7. The summed E-state index contributed by atoms with van der Waals surface area (Å²) in [5.74, 6) is -0.348. The van der Waals surface area contributed by atoms with Crippen molar-refractivity contribution >= 4 is 40.6 Å².